The van der Waals surface area contributed by atoms with Crippen LogP contribution in [-0.2, 0) is 22.6 Å². The lowest BCUT2D eigenvalue weighted by Crippen LogP contribution is -2.51. The number of carbonyl (C=O) groups is 2. The van der Waals surface area contributed by atoms with Gasteiger partial charge < -0.3 is 19.7 Å². The van der Waals surface area contributed by atoms with Crippen molar-refractivity contribution in [2.75, 3.05) is 20.3 Å². The summed E-state index contributed by atoms with van der Waals surface area (Å²) in [7, 11) is 1.30. The van der Waals surface area contributed by atoms with E-state index in [1.54, 1.807) is 18.2 Å². The molecule has 1 N–H and O–H groups in total. The van der Waals surface area contributed by atoms with Crippen molar-refractivity contribution in [2.24, 2.45) is 0 Å². The van der Waals surface area contributed by atoms with E-state index in [-0.39, 0.29) is 36.1 Å². The number of ether oxygens (including phenoxy) is 2. The summed E-state index contributed by atoms with van der Waals surface area (Å²) < 4.78 is 10.8. The highest BCUT2D eigenvalue weighted by atomic mass is 35.5. The molecule has 39 heavy (non-hydrogen) atoms. The van der Waals surface area contributed by atoms with Crippen molar-refractivity contribution >= 4 is 40.7 Å². The Balaban J connectivity index is 1.92. The predicted octanol–water partition coefficient (Wildman–Crippen LogP) is 5.46. The Labute approximate surface area is 236 Å². The molecule has 0 aromatic heterocycles. The van der Waals surface area contributed by atoms with Gasteiger partial charge in [-0.1, -0.05) is 66.5 Å². The second kappa shape index (κ2) is 14.4. The van der Waals surface area contributed by atoms with Gasteiger partial charge in [-0.15, -0.1) is 0 Å². The van der Waals surface area contributed by atoms with Gasteiger partial charge in [-0.25, -0.2) is 0 Å². The van der Waals surface area contributed by atoms with Crippen molar-refractivity contribution in [3.63, 3.8) is 0 Å². The first kappa shape index (κ1) is 29.7. The second-order valence-electron chi connectivity index (χ2n) is 8.65. The molecule has 0 heterocycles. The van der Waals surface area contributed by atoms with Crippen LogP contribution in [0.3, 0.4) is 0 Å². The SMILES string of the molecule is CCCNC(=O)[C@@H](Cc1ccccc1)N(Cc1ccc(Cl)c(Cl)c1)C(=O)COc1ccc([N+](=O)[O-])c(OC)c1. The van der Waals surface area contributed by atoms with Crippen LogP contribution in [0, 0.1) is 10.1 Å². The first-order chi connectivity index (χ1) is 18.7. The number of rotatable bonds is 13. The van der Waals surface area contributed by atoms with Crippen LogP contribution in [0.4, 0.5) is 5.69 Å². The molecule has 0 aliphatic carbocycles. The molecule has 0 saturated heterocycles. The minimum absolute atomic E-state index is 0.00138. The second-order valence-corrected chi connectivity index (χ2v) is 9.46. The lowest BCUT2D eigenvalue weighted by atomic mass is 10.0. The maximum Gasteiger partial charge on any atom is 0.311 e. The predicted molar refractivity (Wildman–Crippen MR) is 149 cm³/mol. The summed E-state index contributed by atoms with van der Waals surface area (Å²) in [5.41, 5.74) is 1.33. The number of benzene rings is 3. The van der Waals surface area contributed by atoms with Gasteiger partial charge in [-0.05, 0) is 35.7 Å². The van der Waals surface area contributed by atoms with Gasteiger partial charge in [0.25, 0.3) is 5.91 Å². The Bertz CT molecular complexity index is 1310. The number of methoxy groups -OCH3 is 1. The molecule has 2 amide bonds. The van der Waals surface area contributed by atoms with Gasteiger partial charge in [0.05, 0.1) is 22.1 Å². The van der Waals surface area contributed by atoms with Gasteiger partial charge in [0, 0.05) is 31.6 Å². The van der Waals surface area contributed by atoms with Crippen molar-refractivity contribution in [3.8, 4) is 11.5 Å². The van der Waals surface area contributed by atoms with Crippen molar-refractivity contribution in [1.29, 1.82) is 0 Å². The molecule has 0 aliphatic heterocycles. The standard InChI is InChI=1S/C28H29Cl2N3O6/c1-3-13-31-28(35)25(15-19-7-5-4-6-8-19)32(17-20-9-11-22(29)23(30)14-20)27(34)18-39-21-10-12-24(33(36)37)26(16-21)38-2/h4-12,14,16,25H,3,13,15,17-18H2,1-2H3,(H,31,35)/t25-/m1/s1. The van der Waals surface area contributed by atoms with Crippen LogP contribution in [0.25, 0.3) is 0 Å². The smallest absolute Gasteiger partial charge is 0.311 e. The van der Waals surface area contributed by atoms with Gasteiger partial charge in [0.1, 0.15) is 11.8 Å². The fourth-order valence-electron chi connectivity index (χ4n) is 3.88. The maximum atomic E-state index is 13.6. The Morgan fingerprint density at radius 3 is 2.41 bits per heavy atom. The summed E-state index contributed by atoms with van der Waals surface area (Å²) in [4.78, 5) is 39.1. The number of amides is 2. The topological polar surface area (TPSA) is 111 Å². The molecule has 0 bridgehead atoms. The van der Waals surface area contributed by atoms with Crippen LogP contribution in [0.2, 0.25) is 10.0 Å². The minimum atomic E-state index is -0.851. The van der Waals surface area contributed by atoms with Gasteiger partial charge in [-0.2, -0.15) is 0 Å². The molecule has 206 valence electrons. The number of carbonyl (C=O) groups excluding carboxylic acids is 2. The van der Waals surface area contributed by atoms with E-state index in [1.807, 2.05) is 37.3 Å². The number of hydrogen-bond acceptors (Lipinski definition) is 6. The normalized spacial score (nSPS) is 11.4. The molecule has 3 aromatic rings. The number of nitro benzene ring substituents is 1. The third-order valence-electron chi connectivity index (χ3n) is 5.87. The van der Waals surface area contributed by atoms with E-state index in [9.17, 15) is 19.7 Å². The Kier molecular flexibility index (Phi) is 11.0. The maximum absolute atomic E-state index is 13.6. The van der Waals surface area contributed by atoms with Gasteiger partial charge in [0.15, 0.2) is 6.61 Å². The average Bonchev–Trinajstić information content (AvgIpc) is 2.94. The zero-order valence-electron chi connectivity index (χ0n) is 21.6. The van der Waals surface area contributed by atoms with Crippen molar-refractivity contribution in [2.45, 2.75) is 32.4 Å². The van der Waals surface area contributed by atoms with Gasteiger partial charge in [-0.3, -0.25) is 19.7 Å². The van der Waals surface area contributed by atoms with Crippen molar-refractivity contribution in [1.82, 2.24) is 10.2 Å². The van der Waals surface area contributed by atoms with Crippen LogP contribution in [0.5, 0.6) is 11.5 Å². The van der Waals surface area contributed by atoms with Crippen molar-refractivity contribution in [3.05, 3.63) is 98.0 Å². The van der Waals surface area contributed by atoms with E-state index < -0.39 is 23.5 Å². The molecule has 0 radical (unpaired) electrons. The summed E-state index contributed by atoms with van der Waals surface area (Å²) in [5.74, 6) is -0.564. The third kappa shape index (κ3) is 8.33. The fraction of sp³-hybridized carbons (Fsp3) is 0.286. The monoisotopic (exact) mass is 573 g/mol. The molecule has 3 aromatic carbocycles. The zero-order chi connectivity index (χ0) is 28.4. The van der Waals surface area contributed by atoms with Gasteiger partial charge >= 0.3 is 5.69 Å². The largest absolute Gasteiger partial charge is 0.490 e. The van der Waals surface area contributed by atoms with Gasteiger partial charge in [0.2, 0.25) is 11.7 Å². The molecule has 9 nitrogen and oxygen atoms in total. The minimum Gasteiger partial charge on any atom is -0.490 e. The molecule has 0 saturated carbocycles. The Morgan fingerprint density at radius 1 is 1.03 bits per heavy atom. The summed E-state index contributed by atoms with van der Waals surface area (Å²) in [6.07, 6.45) is 1.00. The van der Waals surface area contributed by atoms with Crippen LogP contribution >= 0.6 is 23.2 Å². The molecule has 1 atom stereocenters. The summed E-state index contributed by atoms with van der Waals surface area (Å²) >= 11 is 12.3. The first-order valence-electron chi connectivity index (χ1n) is 12.2. The molecule has 0 aliphatic rings. The van der Waals surface area contributed by atoms with Crippen LogP contribution in [0.1, 0.15) is 24.5 Å². The average molecular weight is 574 g/mol. The number of nitro groups is 1. The summed E-state index contributed by atoms with van der Waals surface area (Å²) in [6, 6.07) is 17.5. The third-order valence-corrected chi connectivity index (χ3v) is 6.61. The highest BCUT2D eigenvalue weighted by Gasteiger charge is 2.31. The van der Waals surface area contributed by atoms with E-state index in [0.717, 1.165) is 12.0 Å². The molecule has 11 heteroatoms. The highest BCUT2D eigenvalue weighted by molar-refractivity contribution is 6.42. The van der Waals surface area contributed by atoms with E-state index in [2.05, 4.69) is 5.32 Å². The van der Waals surface area contributed by atoms with E-state index in [4.69, 9.17) is 32.7 Å². The Morgan fingerprint density at radius 2 is 1.77 bits per heavy atom. The lowest BCUT2D eigenvalue weighted by molar-refractivity contribution is -0.385. The highest BCUT2D eigenvalue weighted by Crippen LogP contribution is 2.31. The number of nitrogens with one attached hydrogen (secondary N) is 1. The number of halogens is 2. The summed E-state index contributed by atoms with van der Waals surface area (Å²) in [6.45, 7) is 2.05. The molecule has 0 spiro atoms. The van der Waals surface area contributed by atoms with Crippen LogP contribution in [-0.4, -0.2) is 47.9 Å². The first-order valence-corrected chi connectivity index (χ1v) is 13.0. The number of nitrogens with zero attached hydrogens (tertiary/aromatic N) is 2. The molecule has 3 rings (SSSR count). The molecular weight excluding hydrogens is 545 g/mol. The van der Waals surface area contributed by atoms with Crippen LogP contribution < -0.4 is 14.8 Å². The molecule has 0 fully saturated rings. The number of hydrogen-bond donors (Lipinski definition) is 1. The zero-order valence-corrected chi connectivity index (χ0v) is 23.1. The fourth-order valence-corrected chi connectivity index (χ4v) is 4.20. The van der Waals surface area contributed by atoms with Crippen molar-refractivity contribution < 1.29 is 24.0 Å². The van der Waals surface area contributed by atoms with E-state index in [1.165, 1.54) is 30.2 Å². The lowest BCUT2D eigenvalue weighted by Gasteiger charge is -2.31. The quantitative estimate of drug-likeness (QED) is 0.215. The van der Waals surface area contributed by atoms with Crippen LogP contribution in [0.15, 0.2) is 66.7 Å². The molecular formula is C28H29Cl2N3O6. The molecule has 0 unspecified atom stereocenters. The summed E-state index contributed by atoms with van der Waals surface area (Å²) in [5, 5.41) is 14.8. The van der Waals surface area contributed by atoms with E-state index >= 15 is 0 Å². The van der Waals surface area contributed by atoms with E-state index in [0.29, 0.717) is 22.2 Å². The Hall–Kier alpha value is -3.82.